The maximum Gasteiger partial charge on any atom is 0.212 e. The first kappa shape index (κ1) is 12.1. The second kappa shape index (κ2) is 4.97. The van der Waals surface area contributed by atoms with Gasteiger partial charge in [0.05, 0.1) is 11.2 Å². The van der Waals surface area contributed by atoms with Gasteiger partial charge in [-0.05, 0) is 26.2 Å². The number of carbonyl (C=O) groups excluding carboxylic acids is 1. The lowest BCUT2D eigenvalue weighted by Crippen LogP contribution is -2.19. The lowest BCUT2D eigenvalue weighted by Gasteiger charge is -2.23. The summed E-state index contributed by atoms with van der Waals surface area (Å²) < 4.78 is 7.68. The Morgan fingerprint density at radius 3 is 3.16 bits per heavy atom. The number of fused-ring (bicyclic) bond motifs is 1. The third-order valence-corrected chi connectivity index (χ3v) is 3.41. The molecule has 1 aliphatic heterocycles. The highest BCUT2D eigenvalue weighted by Gasteiger charge is 2.20. The van der Waals surface area contributed by atoms with Crippen molar-refractivity contribution < 1.29 is 9.53 Å². The number of aromatic nitrogens is 3. The van der Waals surface area contributed by atoms with Crippen LogP contribution in [0.15, 0.2) is 12.3 Å². The molecule has 1 N–H and O–H groups in total. The van der Waals surface area contributed by atoms with Crippen LogP contribution < -0.4 is 5.32 Å². The maximum absolute atomic E-state index is 10.5. The number of carbonyl (C=O) groups is 1. The van der Waals surface area contributed by atoms with Crippen molar-refractivity contribution in [2.45, 2.75) is 32.4 Å². The minimum absolute atomic E-state index is 0.0172. The molecule has 3 heterocycles. The summed E-state index contributed by atoms with van der Waals surface area (Å²) >= 11 is 0. The Morgan fingerprint density at radius 1 is 1.53 bits per heavy atom. The predicted octanol–water partition coefficient (Wildman–Crippen LogP) is 2.01. The Kier molecular flexibility index (Phi) is 3.16. The van der Waals surface area contributed by atoms with E-state index >= 15 is 0 Å². The largest absolute Gasteiger partial charge is 0.356 e. The van der Waals surface area contributed by atoms with E-state index in [0.29, 0.717) is 12.2 Å². The van der Waals surface area contributed by atoms with E-state index in [9.17, 15) is 4.79 Å². The normalized spacial score (nSPS) is 19.5. The number of nitrogens with one attached hydrogen (secondary N) is 1. The molecular formula is C13H16N4O2. The van der Waals surface area contributed by atoms with Gasteiger partial charge in [-0.3, -0.25) is 4.79 Å². The van der Waals surface area contributed by atoms with Gasteiger partial charge in [-0.2, -0.15) is 5.10 Å². The molecule has 6 nitrogen and oxygen atoms in total. The van der Waals surface area contributed by atoms with Crippen molar-refractivity contribution in [1.29, 1.82) is 0 Å². The molecule has 2 aromatic rings. The SMILES string of the molecule is Cc1nn(C2CCCCO2)c2cc(NC=O)ncc12. The van der Waals surface area contributed by atoms with Gasteiger partial charge >= 0.3 is 0 Å². The number of nitrogens with zero attached hydrogens (tertiary/aromatic N) is 3. The van der Waals surface area contributed by atoms with E-state index in [1.807, 2.05) is 17.7 Å². The third-order valence-electron chi connectivity index (χ3n) is 3.41. The lowest BCUT2D eigenvalue weighted by atomic mass is 10.2. The zero-order valence-electron chi connectivity index (χ0n) is 10.8. The molecule has 0 aliphatic carbocycles. The fourth-order valence-electron chi connectivity index (χ4n) is 2.46. The second-order valence-electron chi connectivity index (χ2n) is 4.70. The van der Waals surface area contributed by atoms with E-state index in [0.717, 1.165) is 42.5 Å². The Labute approximate surface area is 110 Å². The summed E-state index contributed by atoms with van der Waals surface area (Å²) in [5, 5.41) is 8.11. The number of hydrogen-bond acceptors (Lipinski definition) is 4. The average molecular weight is 260 g/mol. The number of ether oxygens (including phenoxy) is 1. The van der Waals surface area contributed by atoms with Gasteiger partial charge in [0.1, 0.15) is 5.82 Å². The van der Waals surface area contributed by atoms with Crippen molar-refractivity contribution in [3.8, 4) is 0 Å². The molecule has 2 aromatic heterocycles. The molecule has 1 amide bonds. The number of amides is 1. The molecule has 1 atom stereocenters. The van der Waals surface area contributed by atoms with Crippen molar-refractivity contribution in [1.82, 2.24) is 14.8 Å². The van der Waals surface area contributed by atoms with Crippen LogP contribution in [-0.2, 0) is 9.53 Å². The van der Waals surface area contributed by atoms with Crippen LogP contribution in [0, 0.1) is 6.92 Å². The number of pyridine rings is 1. The zero-order chi connectivity index (χ0) is 13.2. The van der Waals surface area contributed by atoms with Gasteiger partial charge in [-0.1, -0.05) is 0 Å². The number of rotatable bonds is 3. The number of aryl methyl sites for hydroxylation is 1. The van der Waals surface area contributed by atoms with E-state index < -0.39 is 0 Å². The summed E-state index contributed by atoms with van der Waals surface area (Å²) in [6.07, 6.45) is 5.57. The minimum atomic E-state index is -0.0172. The van der Waals surface area contributed by atoms with Crippen molar-refractivity contribution in [3.63, 3.8) is 0 Å². The summed E-state index contributed by atoms with van der Waals surface area (Å²) in [5.41, 5.74) is 1.87. The highest BCUT2D eigenvalue weighted by atomic mass is 16.5. The molecule has 0 radical (unpaired) electrons. The number of anilines is 1. The van der Waals surface area contributed by atoms with Crippen LogP contribution in [0.1, 0.15) is 31.2 Å². The molecule has 0 bridgehead atoms. The van der Waals surface area contributed by atoms with E-state index in [1.54, 1.807) is 6.20 Å². The highest BCUT2D eigenvalue weighted by Crippen LogP contribution is 2.28. The van der Waals surface area contributed by atoms with Crippen LogP contribution in [0.25, 0.3) is 10.9 Å². The van der Waals surface area contributed by atoms with E-state index in [-0.39, 0.29) is 6.23 Å². The summed E-state index contributed by atoms with van der Waals surface area (Å²) in [6.45, 7) is 2.73. The van der Waals surface area contributed by atoms with E-state index in [1.165, 1.54) is 0 Å². The Bertz CT molecular complexity index is 602. The fourth-order valence-corrected chi connectivity index (χ4v) is 2.46. The summed E-state index contributed by atoms with van der Waals surface area (Å²) in [4.78, 5) is 14.7. The first-order valence-electron chi connectivity index (χ1n) is 6.46. The van der Waals surface area contributed by atoms with Crippen molar-refractivity contribution in [2.24, 2.45) is 0 Å². The number of hydrogen-bond donors (Lipinski definition) is 1. The average Bonchev–Trinajstić information content (AvgIpc) is 2.77. The molecule has 0 saturated carbocycles. The molecule has 100 valence electrons. The van der Waals surface area contributed by atoms with E-state index in [2.05, 4.69) is 15.4 Å². The molecule has 6 heteroatoms. The van der Waals surface area contributed by atoms with Gasteiger partial charge in [0, 0.05) is 24.3 Å². The second-order valence-corrected chi connectivity index (χ2v) is 4.70. The van der Waals surface area contributed by atoms with Gasteiger partial charge in [0.25, 0.3) is 0 Å². The van der Waals surface area contributed by atoms with Crippen LogP contribution in [0.2, 0.25) is 0 Å². The van der Waals surface area contributed by atoms with Crippen LogP contribution in [-0.4, -0.2) is 27.8 Å². The van der Waals surface area contributed by atoms with E-state index in [4.69, 9.17) is 4.74 Å². The van der Waals surface area contributed by atoms with Crippen LogP contribution in [0.4, 0.5) is 5.82 Å². The fraction of sp³-hybridized carbons (Fsp3) is 0.462. The maximum atomic E-state index is 10.5. The molecule has 3 rings (SSSR count). The quantitative estimate of drug-likeness (QED) is 0.857. The molecule has 19 heavy (non-hydrogen) atoms. The Hall–Kier alpha value is -1.95. The monoisotopic (exact) mass is 260 g/mol. The molecule has 1 saturated heterocycles. The van der Waals surface area contributed by atoms with Gasteiger partial charge in [-0.25, -0.2) is 9.67 Å². The lowest BCUT2D eigenvalue weighted by molar-refractivity contribution is -0.105. The van der Waals surface area contributed by atoms with Crippen LogP contribution in [0.3, 0.4) is 0 Å². The van der Waals surface area contributed by atoms with Gasteiger partial charge in [-0.15, -0.1) is 0 Å². The zero-order valence-corrected chi connectivity index (χ0v) is 10.8. The van der Waals surface area contributed by atoms with Gasteiger partial charge < -0.3 is 10.1 Å². The Morgan fingerprint density at radius 2 is 2.42 bits per heavy atom. The van der Waals surface area contributed by atoms with Crippen LogP contribution in [0.5, 0.6) is 0 Å². The molecule has 1 fully saturated rings. The van der Waals surface area contributed by atoms with Crippen molar-refractivity contribution in [3.05, 3.63) is 18.0 Å². The standard InChI is InChI=1S/C13H16N4O2/c1-9-10-7-14-12(15-8-18)6-11(10)17(16-9)13-4-2-3-5-19-13/h6-8,13H,2-5H2,1H3,(H,14,15,18). The van der Waals surface area contributed by atoms with Gasteiger partial charge in [0.15, 0.2) is 6.23 Å². The summed E-state index contributed by atoms with van der Waals surface area (Å²) in [5.74, 6) is 0.527. The summed E-state index contributed by atoms with van der Waals surface area (Å²) in [7, 11) is 0. The topological polar surface area (TPSA) is 69.0 Å². The third kappa shape index (κ3) is 2.19. The smallest absolute Gasteiger partial charge is 0.212 e. The minimum Gasteiger partial charge on any atom is -0.356 e. The van der Waals surface area contributed by atoms with Gasteiger partial charge in [0.2, 0.25) is 6.41 Å². The first-order chi connectivity index (χ1) is 9.29. The Balaban J connectivity index is 2.06. The molecule has 0 aromatic carbocycles. The molecular weight excluding hydrogens is 244 g/mol. The predicted molar refractivity (Wildman–Crippen MR) is 70.8 cm³/mol. The molecule has 0 spiro atoms. The molecule has 1 unspecified atom stereocenters. The van der Waals surface area contributed by atoms with Crippen molar-refractivity contribution >= 4 is 23.1 Å². The summed E-state index contributed by atoms with van der Waals surface area (Å²) in [6, 6.07) is 1.84. The van der Waals surface area contributed by atoms with Crippen molar-refractivity contribution in [2.75, 3.05) is 11.9 Å². The molecule has 1 aliphatic rings. The van der Waals surface area contributed by atoms with Crippen LogP contribution >= 0.6 is 0 Å². The first-order valence-corrected chi connectivity index (χ1v) is 6.46. The highest BCUT2D eigenvalue weighted by molar-refractivity contribution is 5.85.